The van der Waals surface area contributed by atoms with Gasteiger partial charge in [0.2, 0.25) is 0 Å². The van der Waals surface area contributed by atoms with Crippen LogP contribution in [0, 0.1) is 0 Å². The monoisotopic (exact) mass is 211 g/mol. The van der Waals surface area contributed by atoms with Gasteiger partial charge in [0.05, 0.1) is 6.04 Å². The molecule has 1 aromatic carbocycles. The molecule has 74 valence electrons. The summed E-state index contributed by atoms with van der Waals surface area (Å²) in [5.41, 5.74) is 0.732. The summed E-state index contributed by atoms with van der Waals surface area (Å²) in [6, 6.07) is 6.69. The Morgan fingerprint density at radius 1 is 1.43 bits per heavy atom. The molecule has 2 rings (SSSR count). The first-order chi connectivity index (χ1) is 6.70. The molecule has 4 heteroatoms. The first kappa shape index (κ1) is 9.65. The maximum Gasteiger partial charge on any atom is 0.183 e. The topological polar surface area (TPSA) is 49.3 Å². The lowest BCUT2D eigenvalue weighted by molar-refractivity contribution is -0.125. The predicted molar refractivity (Wildman–Crippen MR) is 53.2 cm³/mol. The van der Waals surface area contributed by atoms with Gasteiger partial charge in [-0.25, -0.2) is 0 Å². The Kier molecular flexibility index (Phi) is 2.54. The minimum absolute atomic E-state index is 0.210. The van der Waals surface area contributed by atoms with Crippen LogP contribution < -0.4 is 5.32 Å². The number of carbonyl (C=O) groups is 1. The van der Waals surface area contributed by atoms with Crippen LogP contribution in [0.15, 0.2) is 24.3 Å². The molecule has 0 saturated carbocycles. The smallest absolute Gasteiger partial charge is 0.183 e. The lowest BCUT2D eigenvalue weighted by Gasteiger charge is -2.10. The van der Waals surface area contributed by atoms with Gasteiger partial charge in [0, 0.05) is 11.6 Å². The number of β-amino-alcohol motifs (C(OH)–C–C–N with tert-alkyl or cyclic N) is 1. The van der Waals surface area contributed by atoms with Gasteiger partial charge in [-0.2, -0.15) is 0 Å². The van der Waals surface area contributed by atoms with Crippen LogP contribution in [0.3, 0.4) is 0 Å². The van der Waals surface area contributed by atoms with Crippen LogP contribution >= 0.6 is 11.6 Å². The van der Waals surface area contributed by atoms with Crippen LogP contribution in [-0.4, -0.2) is 23.5 Å². The van der Waals surface area contributed by atoms with E-state index in [0.717, 1.165) is 5.56 Å². The number of carbonyl (C=O) groups excluding carboxylic acids is 1. The molecule has 3 nitrogen and oxygen atoms in total. The zero-order valence-corrected chi connectivity index (χ0v) is 8.16. The van der Waals surface area contributed by atoms with Crippen molar-refractivity contribution in [1.29, 1.82) is 0 Å². The molecule has 1 aromatic rings. The van der Waals surface area contributed by atoms with Crippen molar-refractivity contribution < 1.29 is 9.90 Å². The lowest BCUT2D eigenvalue weighted by atomic mass is 10.0. The summed E-state index contributed by atoms with van der Waals surface area (Å²) >= 11 is 5.94. The van der Waals surface area contributed by atoms with Gasteiger partial charge in [0.25, 0.3) is 0 Å². The summed E-state index contributed by atoms with van der Waals surface area (Å²) in [6.07, 6.45) is -0.906. The average molecular weight is 212 g/mol. The van der Waals surface area contributed by atoms with Gasteiger partial charge in [-0.3, -0.25) is 4.79 Å². The zero-order chi connectivity index (χ0) is 10.1. The van der Waals surface area contributed by atoms with Crippen molar-refractivity contribution in [2.24, 2.45) is 0 Å². The molecule has 1 heterocycles. The molecule has 1 aliphatic heterocycles. The molecule has 1 aliphatic rings. The number of benzene rings is 1. The van der Waals surface area contributed by atoms with E-state index < -0.39 is 12.1 Å². The van der Waals surface area contributed by atoms with Gasteiger partial charge < -0.3 is 10.4 Å². The number of rotatable bonds is 1. The Morgan fingerprint density at radius 2 is 2.14 bits per heavy atom. The highest BCUT2D eigenvalue weighted by atomic mass is 35.5. The number of nitrogens with one attached hydrogen (secondary N) is 1. The Labute approximate surface area is 86.7 Å². The quantitative estimate of drug-likeness (QED) is 0.726. The molecule has 1 saturated heterocycles. The van der Waals surface area contributed by atoms with Crippen molar-refractivity contribution in [1.82, 2.24) is 5.32 Å². The van der Waals surface area contributed by atoms with Crippen molar-refractivity contribution in [2.75, 3.05) is 6.54 Å². The third-order valence-corrected chi connectivity index (χ3v) is 2.69. The van der Waals surface area contributed by atoms with E-state index in [2.05, 4.69) is 5.32 Å². The maximum absolute atomic E-state index is 11.5. The van der Waals surface area contributed by atoms with E-state index in [1.165, 1.54) is 0 Å². The molecular formula is C10H10ClNO2. The van der Waals surface area contributed by atoms with Crippen LogP contribution in [0.4, 0.5) is 0 Å². The molecule has 2 unspecified atom stereocenters. The van der Waals surface area contributed by atoms with Crippen molar-refractivity contribution in [3.63, 3.8) is 0 Å². The maximum atomic E-state index is 11.5. The molecule has 0 aliphatic carbocycles. The fraction of sp³-hybridized carbons (Fsp3) is 0.300. The fourth-order valence-corrected chi connectivity index (χ4v) is 1.84. The Bertz CT molecular complexity index is 367. The van der Waals surface area contributed by atoms with Crippen molar-refractivity contribution in [2.45, 2.75) is 12.1 Å². The first-order valence-corrected chi connectivity index (χ1v) is 4.77. The van der Waals surface area contributed by atoms with E-state index in [1.807, 2.05) is 12.1 Å². The van der Waals surface area contributed by atoms with Gasteiger partial charge in [-0.15, -0.1) is 0 Å². The third-order valence-electron chi connectivity index (χ3n) is 2.34. The predicted octanol–water partition coefficient (Wildman–Crippen LogP) is 0.914. The van der Waals surface area contributed by atoms with Crippen LogP contribution in [0.25, 0.3) is 0 Å². The Balaban J connectivity index is 2.33. The summed E-state index contributed by atoms with van der Waals surface area (Å²) in [7, 11) is 0. The van der Waals surface area contributed by atoms with Gasteiger partial charge in [-0.05, 0) is 11.6 Å². The van der Waals surface area contributed by atoms with Crippen LogP contribution in [0.2, 0.25) is 5.02 Å². The van der Waals surface area contributed by atoms with E-state index >= 15 is 0 Å². The second-order valence-electron chi connectivity index (χ2n) is 3.28. The number of aliphatic hydroxyl groups is 1. The van der Waals surface area contributed by atoms with E-state index in [0.29, 0.717) is 11.6 Å². The highest BCUT2D eigenvalue weighted by Crippen LogP contribution is 2.26. The summed E-state index contributed by atoms with van der Waals surface area (Å²) in [6.45, 7) is 0.300. The Hall–Kier alpha value is -0.900. The summed E-state index contributed by atoms with van der Waals surface area (Å²) < 4.78 is 0. The number of hydrogen-bond acceptors (Lipinski definition) is 3. The Morgan fingerprint density at radius 3 is 2.71 bits per heavy atom. The van der Waals surface area contributed by atoms with E-state index in [1.54, 1.807) is 12.1 Å². The van der Waals surface area contributed by atoms with Gasteiger partial charge in [0.1, 0.15) is 6.10 Å². The lowest BCUT2D eigenvalue weighted by Crippen LogP contribution is -2.19. The first-order valence-electron chi connectivity index (χ1n) is 4.40. The molecule has 0 amide bonds. The second-order valence-corrected chi connectivity index (χ2v) is 3.69. The number of Topliss-reactive ketones (excluding diaryl/α,β-unsaturated/α-hetero) is 1. The largest absolute Gasteiger partial charge is 0.384 e. The molecule has 1 fully saturated rings. The molecule has 0 aromatic heterocycles. The summed E-state index contributed by atoms with van der Waals surface area (Å²) in [5, 5.41) is 12.7. The minimum atomic E-state index is -0.906. The molecule has 2 N–H and O–H groups in total. The van der Waals surface area contributed by atoms with Crippen LogP contribution in [0.5, 0.6) is 0 Å². The molecule has 2 atom stereocenters. The molecule has 0 radical (unpaired) electrons. The SMILES string of the molecule is O=C1C(O)CNC1c1ccccc1Cl. The van der Waals surface area contributed by atoms with Gasteiger partial charge in [0.15, 0.2) is 5.78 Å². The van der Waals surface area contributed by atoms with Gasteiger partial charge >= 0.3 is 0 Å². The third kappa shape index (κ3) is 1.54. The standard InChI is InChI=1S/C10H10ClNO2/c11-7-4-2-1-3-6(7)9-10(14)8(13)5-12-9/h1-4,8-9,12-13H,5H2. The second kappa shape index (κ2) is 3.69. The molecule has 0 bridgehead atoms. The van der Waals surface area contributed by atoms with Crippen molar-refractivity contribution in [3.8, 4) is 0 Å². The highest BCUT2D eigenvalue weighted by Gasteiger charge is 2.34. The van der Waals surface area contributed by atoms with Crippen molar-refractivity contribution in [3.05, 3.63) is 34.9 Å². The highest BCUT2D eigenvalue weighted by molar-refractivity contribution is 6.31. The fourth-order valence-electron chi connectivity index (χ4n) is 1.60. The van der Waals surface area contributed by atoms with E-state index in [-0.39, 0.29) is 5.78 Å². The van der Waals surface area contributed by atoms with Crippen LogP contribution in [0.1, 0.15) is 11.6 Å². The number of halogens is 1. The van der Waals surface area contributed by atoms with Gasteiger partial charge in [-0.1, -0.05) is 29.8 Å². The number of ketones is 1. The summed E-state index contributed by atoms with van der Waals surface area (Å²) in [5.74, 6) is -0.210. The molecule has 0 spiro atoms. The van der Waals surface area contributed by atoms with E-state index in [9.17, 15) is 9.90 Å². The van der Waals surface area contributed by atoms with E-state index in [4.69, 9.17) is 11.6 Å². The average Bonchev–Trinajstić information content (AvgIpc) is 2.49. The van der Waals surface area contributed by atoms with Crippen molar-refractivity contribution >= 4 is 17.4 Å². The summed E-state index contributed by atoms with van der Waals surface area (Å²) in [4.78, 5) is 11.5. The normalized spacial score (nSPS) is 26.9. The minimum Gasteiger partial charge on any atom is -0.384 e. The molecule has 14 heavy (non-hydrogen) atoms. The number of hydrogen-bond donors (Lipinski definition) is 2. The number of aliphatic hydroxyl groups excluding tert-OH is 1. The zero-order valence-electron chi connectivity index (χ0n) is 7.40. The van der Waals surface area contributed by atoms with Crippen LogP contribution in [-0.2, 0) is 4.79 Å². The molecular weight excluding hydrogens is 202 g/mol.